The van der Waals surface area contributed by atoms with Crippen molar-refractivity contribution in [3.63, 3.8) is 0 Å². The lowest BCUT2D eigenvalue weighted by Gasteiger charge is -2.15. The van der Waals surface area contributed by atoms with E-state index in [9.17, 15) is 9.90 Å². The Morgan fingerprint density at radius 1 is 1.33 bits per heavy atom. The van der Waals surface area contributed by atoms with E-state index in [-0.39, 0.29) is 12.1 Å². The van der Waals surface area contributed by atoms with Crippen LogP contribution in [-0.2, 0) is 6.42 Å². The minimum atomic E-state index is -0.549. The van der Waals surface area contributed by atoms with E-state index in [0.29, 0.717) is 5.69 Å². The Morgan fingerprint density at radius 2 is 2.14 bits per heavy atom. The van der Waals surface area contributed by atoms with Crippen LogP contribution in [0.3, 0.4) is 0 Å². The Morgan fingerprint density at radius 3 is 2.81 bits per heavy atom. The fourth-order valence-corrected chi connectivity index (χ4v) is 2.76. The number of anilines is 1. The maximum atomic E-state index is 12.0. The lowest BCUT2D eigenvalue weighted by molar-refractivity contribution is 0.199. The smallest absolute Gasteiger partial charge is 0.319 e. The summed E-state index contributed by atoms with van der Waals surface area (Å²) in [6.07, 6.45) is 0.261. The van der Waals surface area contributed by atoms with Gasteiger partial charge in [-0.1, -0.05) is 12.1 Å². The van der Waals surface area contributed by atoms with Gasteiger partial charge in [0.15, 0.2) is 0 Å². The van der Waals surface area contributed by atoms with Crippen LogP contribution in [0.5, 0.6) is 0 Å². The average molecular weight is 304 g/mol. The molecular formula is C16H20N2O2S. The molecule has 0 aliphatic heterocycles. The summed E-state index contributed by atoms with van der Waals surface area (Å²) in [7, 11) is 0. The van der Waals surface area contributed by atoms with E-state index in [1.165, 1.54) is 5.56 Å². The Hall–Kier alpha value is -1.85. The van der Waals surface area contributed by atoms with E-state index in [4.69, 9.17) is 0 Å². The first kappa shape index (κ1) is 15.5. The molecule has 2 rings (SSSR count). The zero-order valence-electron chi connectivity index (χ0n) is 12.2. The number of amides is 2. The molecule has 0 bridgehead atoms. The minimum Gasteiger partial charge on any atom is -0.389 e. The molecule has 4 nitrogen and oxygen atoms in total. The molecule has 0 spiro atoms. The molecule has 0 radical (unpaired) electrons. The van der Waals surface area contributed by atoms with E-state index in [1.54, 1.807) is 30.4 Å². The van der Waals surface area contributed by atoms with Crippen molar-refractivity contribution >= 4 is 23.1 Å². The number of benzene rings is 1. The van der Waals surface area contributed by atoms with Crippen molar-refractivity contribution < 1.29 is 9.90 Å². The molecule has 0 saturated heterocycles. The van der Waals surface area contributed by atoms with Crippen LogP contribution in [0.4, 0.5) is 10.5 Å². The van der Waals surface area contributed by atoms with Crippen LogP contribution in [0.2, 0.25) is 0 Å². The van der Waals surface area contributed by atoms with Gasteiger partial charge in [0.1, 0.15) is 0 Å². The monoisotopic (exact) mass is 304 g/mol. The summed E-state index contributed by atoms with van der Waals surface area (Å²) >= 11 is 1.66. The molecule has 0 aliphatic carbocycles. The second-order valence-corrected chi connectivity index (χ2v) is 5.92. The number of hydrogen-bond donors (Lipinski definition) is 3. The number of carbonyl (C=O) groups is 1. The largest absolute Gasteiger partial charge is 0.389 e. The first-order valence-corrected chi connectivity index (χ1v) is 7.85. The Kier molecular flexibility index (Phi) is 5.36. The molecular weight excluding hydrogens is 284 g/mol. The molecule has 0 aliphatic rings. The molecule has 0 saturated carbocycles. The van der Waals surface area contributed by atoms with Crippen LogP contribution in [0.15, 0.2) is 41.1 Å². The predicted octanol–water partition coefficient (Wildman–Crippen LogP) is 3.55. The number of aliphatic hydroxyl groups excluding tert-OH is 1. The summed E-state index contributed by atoms with van der Waals surface area (Å²) < 4.78 is 0. The highest BCUT2D eigenvalue weighted by Gasteiger charge is 2.09. The van der Waals surface area contributed by atoms with Gasteiger partial charge >= 0.3 is 6.03 Å². The number of aliphatic hydroxyl groups is 1. The Labute approximate surface area is 128 Å². The first-order valence-electron chi connectivity index (χ1n) is 6.91. The molecule has 112 valence electrons. The molecule has 21 heavy (non-hydrogen) atoms. The summed E-state index contributed by atoms with van der Waals surface area (Å²) in [5, 5.41) is 19.4. The summed E-state index contributed by atoms with van der Waals surface area (Å²) in [6, 6.07) is 9.09. The second-order valence-electron chi connectivity index (χ2n) is 5.14. The van der Waals surface area contributed by atoms with E-state index in [2.05, 4.69) is 22.1 Å². The summed E-state index contributed by atoms with van der Waals surface area (Å²) in [5.41, 5.74) is 2.68. The normalized spacial score (nSPS) is 13.5. The quantitative estimate of drug-likeness (QED) is 0.791. The van der Waals surface area contributed by atoms with Crippen molar-refractivity contribution in [2.45, 2.75) is 32.4 Å². The lowest BCUT2D eigenvalue weighted by atomic mass is 10.1. The molecule has 2 aromatic rings. The zero-order chi connectivity index (χ0) is 15.2. The molecule has 0 fully saturated rings. The van der Waals surface area contributed by atoms with Crippen molar-refractivity contribution in [3.05, 3.63) is 52.2 Å². The van der Waals surface area contributed by atoms with E-state index < -0.39 is 6.10 Å². The highest BCUT2D eigenvalue weighted by atomic mass is 32.1. The first-order chi connectivity index (χ1) is 10.0. The van der Waals surface area contributed by atoms with Gasteiger partial charge in [-0.3, -0.25) is 0 Å². The number of thiophene rings is 1. The molecule has 2 atom stereocenters. The maximum absolute atomic E-state index is 12.0. The van der Waals surface area contributed by atoms with Gasteiger partial charge in [-0.25, -0.2) is 4.79 Å². The third-order valence-corrected chi connectivity index (χ3v) is 3.86. The molecule has 1 heterocycles. The van der Waals surface area contributed by atoms with Gasteiger partial charge in [-0.2, -0.15) is 11.3 Å². The summed E-state index contributed by atoms with van der Waals surface area (Å²) in [6.45, 7) is 3.67. The zero-order valence-corrected chi connectivity index (χ0v) is 13.0. The standard InChI is InChI=1S/C16H20N2O2S/c1-11(8-13-6-7-21-10-13)17-16(20)18-15-5-3-4-14(9-15)12(2)19/h3-7,9-12,19H,8H2,1-2H3,(H2,17,18,20). The highest BCUT2D eigenvalue weighted by Crippen LogP contribution is 2.17. The van der Waals surface area contributed by atoms with Crippen LogP contribution >= 0.6 is 11.3 Å². The SMILES string of the molecule is CC(Cc1ccsc1)NC(=O)Nc1cccc(C(C)O)c1. The maximum Gasteiger partial charge on any atom is 0.319 e. The van der Waals surface area contributed by atoms with E-state index >= 15 is 0 Å². The average Bonchev–Trinajstić information content (AvgIpc) is 2.91. The summed E-state index contributed by atoms with van der Waals surface area (Å²) in [5.74, 6) is 0. The van der Waals surface area contributed by atoms with Crippen LogP contribution in [0.1, 0.15) is 31.1 Å². The van der Waals surface area contributed by atoms with Gasteiger partial charge in [0.25, 0.3) is 0 Å². The van der Waals surface area contributed by atoms with Crippen LogP contribution < -0.4 is 10.6 Å². The van der Waals surface area contributed by atoms with Gasteiger partial charge in [0.2, 0.25) is 0 Å². The van der Waals surface area contributed by atoms with Crippen LogP contribution in [0.25, 0.3) is 0 Å². The number of urea groups is 1. The van der Waals surface area contributed by atoms with Gasteiger partial charge in [0, 0.05) is 11.7 Å². The van der Waals surface area contributed by atoms with Gasteiger partial charge < -0.3 is 15.7 Å². The van der Waals surface area contributed by atoms with Gasteiger partial charge in [0.05, 0.1) is 6.10 Å². The van der Waals surface area contributed by atoms with E-state index in [1.807, 2.05) is 24.4 Å². The molecule has 1 aromatic heterocycles. The van der Waals surface area contributed by atoms with Crippen molar-refractivity contribution in [2.75, 3.05) is 5.32 Å². The third-order valence-electron chi connectivity index (χ3n) is 3.13. The van der Waals surface area contributed by atoms with Gasteiger partial charge in [-0.05, 0) is 60.4 Å². The molecule has 5 heteroatoms. The van der Waals surface area contributed by atoms with Crippen molar-refractivity contribution in [1.82, 2.24) is 5.32 Å². The number of carbonyl (C=O) groups excluding carboxylic acids is 1. The van der Waals surface area contributed by atoms with Gasteiger partial charge in [-0.15, -0.1) is 0 Å². The number of rotatable bonds is 5. The number of hydrogen-bond acceptors (Lipinski definition) is 3. The lowest BCUT2D eigenvalue weighted by Crippen LogP contribution is -2.37. The Balaban J connectivity index is 1.88. The summed E-state index contributed by atoms with van der Waals surface area (Å²) in [4.78, 5) is 12.0. The topological polar surface area (TPSA) is 61.4 Å². The fourth-order valence-electron chi connectivity index (χ4n) is 2.08. The number of nitrogens with one attached hydrogen (secondary N) is 2. The van der Waals surface area contributed by atoms with Crippen molar-refractivity contribution in [3.8, 4) is 0 Å². The van der Waals surface area contributed by atoms with Crippen molar-refractivity contribution in [2.24, 2.45) is 0 Å². The van der Waals surface area contributed by atoms with Crippen LogP contribution in [-0.4, -0.2) is 17.2 Å². The molecule has 2 amide bonds. The molecule has 1 aromatic carbocycles. The fraction of sp³-hybridized carbons (Fsp3) is 0.312. The van der Waals surface area contributed by atoms with Crippen molar-refractivity contribution in [1.29, 1.82) is 0 Å². The molecule has 3 N–H and O–H groups in total. The van der Waals surface area contributed by atoms with E-state index in [0.717, 1.165) is 12.0 Å². The third kappa shape index (κ3) is 4.88. The second kappa shape index (κ2) is 7.24. The molecule has 2 unspecified atom stereocenters. The minimum absolute atomic E-state index is 0.0551. The van der Waals surface area contributed by atoms with Crippen LogP contribution in [0, 0.1) is 0 Å². The Bertz CT molecular complexity index is 582. The highest BCUT2D eigenvalue weighted by molar-refractivity contribution is 7.07. The predicted molar refractivity (Wildman–Crippen MR) is 86.7 cm³/mol.